The number of benzene rings is 2. The number of piperidine rings is 1. The van der Waals surface area contributed by atoms with Crippen molar-refractivity contribution in [1.82, 2.24) is 9.91 Å². The fourth-order valence-electron chi connectivity index (χ4n) is 4.91. The predicted octanol–water partition coefficient (Wildman–Crippen LogP) is 4.26. The van der Waals surface area contributed by atoms with Crippen LogP contribution in [0.1, 0.15) is 54.5 Å². The second-order valence-corrected chi connectivity index (χ2v) is 9.40. The normalized spacial score (nSPS) is 18.9. The number of aryl methyl sites for hydroxylation is 2. The second kappa shape index (κ2) is 11.0. The van der Waals surface area contributed by atoms with E-state index < -0.39 is 0 Å². The predicted molar refractivity (Wildman–Crippen MR) is 135 cm³/mol. The number of carbonyl (C=O) groups excluding carboxylic acids is 2. The van der Waals surface area contributed by atoms with Gasteiger partial charge in [0.2, 0.25) is 0 Å². The van der Waals surface area contributed by atoms with Gasteiger partial charge in [0, 0.05) is 6.42 Å². The Kier molecular flexibility index (Phi) is 7.86. The maximum Gasteiger partial charge on any atom is 0.309 e. The lowest BCUT2D eigenvalue weighted by atomic mass is 9.93. The van der Waals surface area contributed by atoms with Crippen molar-refractivity contribution in [2.75, 3.05) is 33.4 Å². The van der Waals surface area contributed by atoms with Crippen LogP contribution in [0.2, 0.25) is 0 Å². The van der Waals surface area contributed by atoms with E-state index in [1.54, 1.807) is 12.1 Å². The number of hydrazone groups is 1. The average molecular weight is 478 g/mol. The van der Waals surface area contributed by atoms with E-state index in [0.29, 0.717) is 39.0 Å². The van der Waals surface area contributed by atoms with Gasteiger partial charge < -0.3 is 9.47 Å². The van der Waals surface area contributed by atoms with Gasteiger partial charge in [-0.15, -0.1) is 0 Å². The molecule has 4 rings (SSSR count). The Bertz CT molecular complexity index is 1090. The van der Waals surface area contributed by atoms with E-state index in [2.05, 4.69) is 36.9 Å². The molecule has 2 aromatic carbocycles. The molecule has 2 aromatic rings. The van der Waals surface area contributed by atoms with Crippen molar-refractivity contribution in [1.29, 1.82) is 0 Å². The lowest BCUT2D eigenvalue weighted by Crippen LogP contribution is -2.43. The minimum atomic E-state index is -0.142. The van der Waals surface area contributed by atoms with E-state index in [4.69, 9.17) is 14.6 Å². The zero-order valence-electron chi connectivity index (χ0n) is 21.1. The topological polar surface area (TPSA) is 71.4 Å². The summed E-state index contributed by atoms with van der Waals surface area (Å²) < 4.78 is 10.5. The van der Waals surface area contributed by atoms with Gasteiger partial charge in [0.15, 0.2) is 0 Å². The molecule has 0 radical (unpaired) electrons. The number of hydrogen-bond acceptors (Lipinski definition) is 6. The maximum atomic E-state index is 13.6. The van der Waals surface area contributed by atoms with Crippen LogP contribution >= 0.6 is 0 Å². The van der Waals surface area contributed by atoms with Gasteiger partial charge in [-0.2, -0.15) is 5.10 Å². The Hall–Kier alpha value is -3.19. The standard InChI is InChI=1S/C28H35N3O4/c1-5-35-28(33)22-12-14-30(15-13-22)18-27(32)31-26(24-16-19(2)6-7-20(24)3)17-25(29-31)21-8-10-23(34-4)11-9-21/h6-11,16,22,26H,5,12-15,17-18H2,1-4H3. The summed E-state index contributed by atoms with van der Waals surface area (Å²) in [7, 11) is 1.65. The van der Waals surface area contributed by atoms with Gasteiger partial charge in [0.05, 0.1) is 37.9 Å². The van der Waals surface area contributed by atoms with Crippen LogP contribution in [-0.4, -0.2) is 60.8 Å². The molecule has 1 fully saturated rings. The molecule has 186 valence electrons. The largest absolute Gasteiger partial charge is 0.497 e. The average Bonchev–Trinajstić information content (AvgIpc) is 3.31. The molecule has 2 aliphatic rings. The molecular weight excluding hydrogens is 442 g/mol. The molecule has 0 saturated carbocycles. The Morgan fingerprint density at radius 3 is 2.43 bits per heavy atom. The van der Waals surface area contributed by atoms with Gasteiger partial charge in [-0.3, -0.25) is 14.5 Å². The molecule has 7 nitrogen and oxygen atoms in total. The highest BCUT2D eigenvalue weighted by Gasteiger charge is 2.35. The molecule has 0 aromatic heterocycles. The maximum absolute atomic E-state index is 13.6. The Balaban J connectivity index is 1.52. The van der Waals surface area contributed by atoms with Crippen molar-refractivity contribution in [2.24, 2.45) is 11.0 Å². The number of carbonyl (C=O) groups is 2. The molecular formula is C28H35N3O4. The highest BCUT2D eigenvalue weighted by Crippen LogP contribution is 2.35. The summed E-state index contributed by atoms with van der Waals surface area (Å²) in [6.45, 7) is 8.08. The fourth-order valence-corrected chi connectivity index (χ4v) is 4.91. The number of ether oxygens (including phenoxy) is 2. The highest BCUT2D eigenvalue weighted by molar-refractivity contribution is 6.03. The molecule has 1 saturated heterocycles. The molecule has 0 aliphatic carbocycles. The number of hydrogen-bond donors (Lipinski definition) is 0. The number of esters is 1. The van der Waals surface area contributed by atoms with Gasteiger partial charge in [0.1, 0.15) is 5.75 Å². The van der Waals surface area contributed by atoms with Crippen LogP contribution in [0.3, 0.4) is 0 Å². The summed E-state index contributed by atoms with van der Waals surface area (Å²) >= 11 is 0. The molecule has 7 heteroatoms. The monoisotopic (exact) mass is 477 g/mol. The summed E-state index contributed by atoms with van der Waals surface area (Å²) in [5.74, 6) is 0.573. The third-order valence-corrected chi connectivity index (χ3v) is 6.95. The third-order valence-electron chi connectivity index (χ3n) is 6.95. The van der Waals surface area contributed by atoms with Gasteiger partial charge in [0.25, 0.3) is 5.91 Å². The number of amides is 1. The van der Waals surface area contributed by atoms with Crippen LogP contribution < -0.4 is 4.74 Å². The van der Waals surface area contributed by atoms with Crippen molar-refractivity contribution in [3.05, 3.63) is 64.7 Å². The summed E-state index contributed by atoms with van der Waals surface area (Å²) in [6, 6.07) is 14.1. The molecule has 1 atom stereocenters. The van der Waals surface area contributed by atoms with Gasteiger partial charge in [-0.25, -0.2) is 5.01 Å². The van der Waals surface area contributed by atoms with Gasteiger partial charge in [-0.1, -0.05) is 23.8 Å². The first kappa shape index (κ1) is 24.9. The van der Waals surface area contributed by atoms with E-state index in [1.165, 1.54) is 0 Å². The van der Waals surface area contributed by atoms with Crippen LogP contribution in [0.4, 0.5) is 0 Å². The van der Waals surface area contributed by atoms with Crippen molar-refractivity contribution >= 4 is 17.6 Å². The number of rotatable bonds is 7. The molecule has 0 N–H and O–H groups in total. The van der Waals surface area contributed by atoms with Crippen LogP contribution in [0.25, 0.3) is 0 Å². The lowest BCUT2D eigenvalue weighted by molar-refractivity contribution is -0.149. The molecule has 2 heterocycles. The molecule has 35 heavy (non-hydrogen) atoms. The molecule has 2 aliphatic heterocycles. The van der Waals surface area contributed by atoms with E-state index >= 15 is 0 Å². The van der Waals surface area contributed by atoms with Crippen molar-refractivity contribution in [3.8, 4) is 5.75 Å². The van der Waals surface area contributed by atoms with E-state index in [1.807, 2.05) is 31.2 Å². The zero-order chi connectivity index (χ0) is 24.9. The molecule has 1 amide bonds. The number of likely N-dealkylation sites (tertiary alicyclic amines) is 1. The summed E-state index contributed by atoms with van der Waals surface area (Å²) in [5, 5.41) is 6.51. The first-order valence-corrected chi connectivity index (χ1v) is 12.4. The first-order valence-electron chi connectivity index (χ1n) is 12.4. The molecule has 0 bridgehead atoms. The van der Waals surface area contributed by atoms with Crippen molar-refractivity contribution in [2.45, 2.75) is 46.1 Å². The smallest absolute Gasteiger partial charge is 0.309 e. The molecule has 0 spiro atoms. The zero-order valence-corrected chi connectivity index (χ0v) is 21.1. The van der Waals surface area contributed by atoms with E-state index in [0.717, 1.165) is 33.7 Å². The second-order valence-electron chi connectivity index (χ2n) is 9.40. The van der Waals surface area contributed by atoms with Crippen LogP contribution in [0.15, 0.2) is 47.6 Å². The summed E-state index contributed by atoms with van der Waals surface area (Å²) in [5.41, 5.74) is 5.34. The quantitative estimate of drug-likeness (QED) is 0.557. The van der Waals surface area contributed by atoms with Crippen LogP contribution in [0, 0.1) is 19.8 Å². The minimum Gasteiger partial charge on any atom is -0.497 e. The minimum absolute atomic E-state index is 0.0194. The number of nitrogens with zero attached hydrogens (tertiary/aromatic N) is 3. The SMILES string of the molecule is CCOC(=O)C1CCN(CC(=O)N2N=C(c3ccc(OC)cc3)CC2c2cc(C)ccc2C)CC1. The Morgan fingerprint density at radius 1 is 1.06 bits per heavy atom. The third kappa shape index (κ3) is 5.73. The lowest BCUT2D eigenvalue weighted by Gasteiger charge is -2.32. The first-order chi connectivity index (χ1) is 16.9. The van der Waals surface area contributed by atoms with Crippen molar-refractivity contribution in [3.63, 3.8) is 0 Å². The van der Waals surface area contributed by atoms with Gasteiger partial charge in [-0.05, 0) is 87.7 Å². The fraction of sp³-hybridized carbons (Fsp3) is 0.464. The van der Waals surface area contributed by atoms with Crippen molar-refractivity contribution < 1.29 is 19.1 Å². The summed E-state index contributed by atoms with van der Waals surface area (Å²) in [6.07, 6.45) is 2.09. The van der Waals surface area contributed by atoms with Crippen LogP contribution in [0.5, 0.6) is 5.75 Å². The summed E-state index contributed by atoms with van der Waals surface area (Å²) in [4.78, 5) is 27.7. The van der Waals surface area contributed by atoms with E-state index in [-0.39, 0.29) is 30.4 Å². The molecule has 1 unspecified atom stereocenters. The Labute approximate surface area is 207 Å². The van der Waals surface area contributed by atoms with E-state index in [9.17, 15) is 9.59 Å². The van der Waals surface area contributed by atoms with Crippen LogP contribution in [-0.2, 0) is 14.3 Å². The highest BCUT2D eigenvalue weighted by atomic mass is 16.5. The van der Waals surface area contributed by atoms with Gasteiger partial charge >= 0.3 is 5.97 Å². The Morgan fingerprint density at radius 2 is 1.77 bits per heavy atom. The number of methoxy groups -OCH3 is 1.